The van der Waals surface area contributed by atoms with E-state index in [1.165, 1.54) is 30.4 Å². The predicted molar refractivity (Wildman–Crippen MR) is 55.5 cm³/mol. The zero-order valence-electron chi connectivity index (χ0n) is 8.47. The van der Waals surface area contributed by atoms with E-state index < -0.39 is 0 Å². The van der Waals surface area contributed by atoms with Gasteiger partial charge in [-0.3, -0.25) is 0 Å². The molecule has 1 aromatic carbocycles. The normalized spacial score (nSPS) is 21.8. The molecular formula is C12H15NO. The molecule has 1 saturated carbocycles. The summed E-state index contributed by atoms with van der Waals surface area (Å²) in [5.74, 6) is 0.987. The van der Waals surface area contributed by atoms with Gasteiger partial charge in [0.25, 0.3) is 0 Å². The Bertz CT molecular complexity index is 369. The molecule has 0 aromatic heterocycles. The minimum atomic E-state index is 0.458. The average Bonchev–Trinajstić information content (AvgIpc) is 2.97. The molecule has 0 unspecified atom stereocenters. The van der Waals surface area contributed by atoms with E-state index in [2.05, 4.69) is 17.4 Å². The highest BCUT2D eigenvalue weighted by Crippen LogP contribution is 2.42. The van der Waals surface area contributed by atoms with Crippen LogP contribution in [0.15, 0.2) is 18.2 Å². The maximum atomic E-state index is 5.25. The first-order chi connectivity index (χ1) is 6.81. The van der Waals surface area contributed by atoms with E-state index in [1.807, 2.05) is 6.07 Å². The van der Waals surface area contributed by atoms with Crippen molar-refractivity contribution < 1.29 is 4.74 Å². The molecule has 1 fully saturated rings. The zero-order valence-corrected chi connectivity index (χ0v) is 8.47. The summed E-state index contributed by atoms with van der Waals surface area (Å²) in [5, 5.41) is 3.62. The largest absolute Gasteiger partial charge is 0.497 e. The summed E-state index contributed by atoms with van der Waals surface area (Å²) in [6.07, 6.45) is 3.85. The smallest absolute Gasteiger partial charge is 0.119 e. The Morgan fingerprint density at radius 1 is 1.29 bits per heavy atom. The second-order valence-electron chi connectivity index (χ2n) is 4.45. The van der Waals surface area contributed by atoms with Gasteiger partial charge in [0.05, 0.1) is 7.11 Å². The number of nitrogens with one attached hydrogen (secondary N) is 1. The van der Waals surface area contributed by atoms with Crippen LogP contribution in [-0.4, -0.2) is 12.6 Å². The van der Waals surface area contributed by atoms with Gasteiger partial charge in [0.1, 0.15) is 5.75 Å². The minimum absolute atomic E-state index is 0.458. The zero-order chi connectivity index (χ0) is 9.60. The molecule has 0 saturated heterocycles. The standard InChI is InChI=1S/C12H15NO/c1-14-11-3-2-9-8-13-12(4-5-12)7-10(9)6-11/h2-3,6,13H,4-5,7-8H2,1H3. The van der Waals surface area contributed by atoms with Crippen LogP contribution in [0.4, 0.5) is 0 Å². The molecule has 74 valence electrons. The van der Waals surface area contributed by atoms with Crippen LogP contribution in [0.3, 0.4) is 0 Å². The number of hydrogen-bond donors (Lipinski definition) is 1. The van der Waals surface area contributed by atoms with Crippen LogP contribution < -0.4 is 10.1 Å². The van der Waals surface area contributed by atoms with Crippen LogP contribution in [0.25, 0.3) is 0 Å². The quantitative estimate of drug-likeness (QED) is 0.728. The van der Waals surface area contributed by atoms with Crippen molar-refractivity contribution >= 4 is 0 Å². The van der Waals surface area contributed by atoms with E-state index in [9.17, 15) is 0 Å². The molecule has 1 heterocycles. The molecule has 3 rings (SSSR count). The fraction of sp³-hybridized carbons (Fsp3) is 0.500. The number of methoxy groups -OCH3 is 1. The second kappa shape index (κ2) is 2.74. The number of rotatable bonds is 1. The maximum absolute atomic E-state index is 5.25. The van der Waals surface area contributed by atoms with E-state index in [0.29, 0.717) is 5.54 Å². The Kier molecular flexibility index (Phi) is 1.62. The van der Waals surface area contributed by atoms with E-state index in [-0.39, 0.29) is 0 Å². The second-order valence-corrected chi connectivity index (χ2v) is 4.45. The number of benzene rings is 1. The van der Waals surface area contributed by atoms with Crippen molar-refractivity contribution in [3.8, 4) is 5.75 Å². The summed E-state index contributed by atoms with van der Waals surface area (Å²) in [6.45, 7) is 1.03. The SMILES string of the molecule is COc1ccc2c(c1)CC1(CC1)NC2. The molecule has 1 aliphatic carbocycles. The van der Waals surface area contributed by atoms with Gasteiger partial charge in [-0.25, -0.2) is 0 Å². The van der Waals surface area contributed by atoms with Crippen molar-refractivity contribution in [3.63, 3.8) is 0 Å². The molecule has 1 aromatic rings. The van der Waals surface area contributed by atoms with Gasteiger partial charge in [-0.1, -0.05) is 6.07 Å². The average molecular weight is 189 g/mol. The van der Waals surface area contributed by atoms with Gasteiger partial charge in [-0.2, -0.15) is 0 Å². The molecule has 0 atom stereocenters. The van der Waals surface area contributed by atoms with Crippen LogP contribution in [-0.2, 0) is 13.0 Å². The molecule has 0 radical (unpaired) electrons. The minimum Gasteiger partial charge on any atom is -0.497 e. The van der Waals surface area contributed by atoms with E-state index in [0.717, 1.165) is 12.3 Å². The molecule has 1 N–H and O–H groups in total. The van der Waals surface area contributed by atoms with Crippen LogP contribution >= 0.6 is 0 Å². The van der Waals surface area contributed by atoms with E-state index >= 15 is 0 Å². The Hall–Kier alpha value is -1.02. The van der Waals surface area contributed by atoms with Gasteiger partial charge in [0.2, 0.25) is 0 Å². The highest BCUT2D eigenvalue weighted by atomic mass is 16.5. The lowest BCUT2D eigenvalue weighted by atomic mass is 9.94. The van der Waals surface area contributed by atoms with Crippen molar-refractivity contribution in [2.45, 2.75) is 31.3 Å². The van der Waals surface area contributed by atoms with E-state index in [4.69, 9.17) is 4.74 Å². The van der Waals surface area contributed by atoms with Crippen molar-refractivity contribution in [1.82, 2.24) is 5.32 Å². The van der Waals surface area contributed by atoms with Crippen molar-refractivity contribution in [1.29, 1.82) is 0 Å². The van der Waals surface area contributed by atoms with Crippen molar-refractivity contribution in [3.05, 3.63) is 29.3 Å². The Morgan fingerprint density at radius 2 is 2.14 bits per heavy atom. The van der Waals surface area contributed by atoms with Gasteiger partial charge in [0, 0.05) is 12.1 Å². The molecule has 2 aliphatic rings. The highest BCUT2D eigenvalue weighted by molar-refractivity contribution is 5.39. The third-order valence-electron chi connectivity index (χ3n) is 3.45. The van der Waals surface area contributed by atoms with Crippen LogP contribution in [0, 0.1) is 0 Å². The molecular weight excluding hydrogens is 174 g/mol. The summed E-state index contributed by atoms with van der Waals surface area (Å²) in [7, 11) is 1.73. The first-order valence-corrected chi connectivity index (χ1v) is 5.22. The third kappa shape index (κ3) is 1.22. The molecule has 2 heteroatoms. The lowest BCUT2D eigenvalue weighted by Crippen LogP contribution is -2.37. The van der Waals surface area contributed by atoms with Crippen LogP contribution in [0.1, 0.15) is 24.0 Å². The summed E-state index contributed by atoms with van der Waals surface area (Å²) in [4.78, 5) is 0. The fourth-order valence-corrected chi connectivity index (χ4v) is 2.28. The topological polar surface area (TPSA) is 21.3 Å². The first-order valence-electron chi connectivity index (χ1n) is 5.22. The number of fused-ring (bicyclic) bond motifs is 1. The Morgan fingerprint density at radius 3 is 2.86 bits per heavy atom. The van der Waals surface area contributed by atoms with Gasteiger partial charge in [0.15, 0.2) is 0 Å². The number of hydrogen-bond acceptors (Lipinski definition) is 2. The summed E-state index contributed by atoms with van der Waals surface area (Å²) in [6, 6.07) is 6.41. The molecule has 1 spiro atoms. The van der Waals surface area contributed by atoms with Gasteiger partial charge >= 0.3 is 0 Å². The number of ether oxygens (including phenoxy) is 1. The lowest BCUT2D eigenvalue weighted by molar-refractivity contribution is 0.410. The summed E-state index contributed by atoms with van der Waals surface area (Å²) in [5.41, 5.74) is 3.36. The van der Waals surface area contributed by atoms with Gasteiger partial charge in [-0.15, -0.1) is 0 Å². The van der Waals surface area contributed by atoms with Gasteiger partial charge in [-0.05, 0) is 42.5 Å². The molecule has 0 bridgehead atoms. The van der Waals surface area contributed by atoms with Crippen molar-refractivity contribution in [2.24, 2.45) is 0 Å². The van der Waals surface area contributed by atoms with Crippen LogP contribution in [0.2, 0.25) is 0 Å². The third-order valence-corrected chi connectivity index (χ3v) is 3.45. The lowest BCUT2D eigenvalue weighted by Gasteiger charge is -2.26. The van der Waals surface area contributed by atoms with Gasteiger partial charge < -0.3 is 10.1 Å². The molecule has 0 amide bonds. The molecule has 2 nitrogen and oxygen atoms in total. The van der Waals surface area contributed by atoms with Crippen LogP contribution in [0.5, 0.6) is 5.75 Å². The summed E-state index contributed by atoms with van der Waals surface area (Å²) < 4.78 is 5.25. The molecule has 1 aliphatic heterocycles. The Labute approximate surface area is 84.3 Å². The maximum Gasteiger partial charge on any atom is 0.119 e. The Balaban J connectivity index is 1.97. The van der Waals surface area contributed by atoms with Crippen molar-refractivity contribution in [2.75, 3.05) is 7.11 Å². The first kappa shape index (κ1) is 8.30. The molecule has 14 heavy (non-hydrogen) atoms. The monoisotopic (exact) mass is 189 g/mol. The predicted octanol–water partition coefficient (Wildman–Crippen LogP) is 1.87. The summed E-state index contributed by atoms with van der Waals surface area (Å²) >= 11 is 0. The highest BCUT2D eigenvalue weighted by Gasteiger charge is 2.44. The van der Waals surface area contributed by atoms with E-state index in [1.54, 1.807) is 7.11 Å². The fourth-order valence-electron chi connectivity index (χ4n) is 2.28.